The maximum atomic E-state index is 9.84. The third-order valence-electron chi connectivity index (χ3n) is 4.89. The van der Waals surface area contributed by atoms with Gasteiger partial charge in [-0.05, 0) is 32.6 Å². The Morgan fingerprint density at radius 2 is 1.95 bits per heavy atom. The van der Waals surface area contributed by atoms with Gasteiger partial charge in [-0.15, -0.1) is 11.3 Å². The number of hydrogen-bond acceptors (Lipinski definition) is 5. The molecule has 2 fully saturated rings. The molecule has 1 aromatic heterocycles. The van der Waals surface area contributed by atoms with Crippen molar-refractivity contribution < 1.29 is 5.11 Å². The van der Waals surface area contributed by atoms with Crippen molar-refractivity contribution in [3.05, 3.63) is 11.1 Å². The molecule has 0 saturated heterocycles. The molecule has 0 spiro atoms. The smallest absolute Gasteiger partial charge is 0.185 e. The van der Waals surface area contributed by atoms with Crippen LogP contribution >= 0.6 is 11.3 Å². The number of thiazole rings is 1. The molecule has 3 rings (SSSR count). The van der Waals surface area contributed by atoms with Crippen LogP contribution in [0.15, 0.2) is 5.38 Å². The van der Waals surface area contributed by atoms with Crippen LogP contribution in [-0.2, 0) is 6.54 Å². The fraction of sp³-hybridized carbons (Fsp3) is 0.824. The van der Waals surface area contributed by atoms with Gasteiger partial charge in [-0.3, -0.25) is 4.90 Å². The number of aliphatic hydroxyl groups excluding tert-OH is 1. The van der Waals surface area contributed by atoms with E-state index in [2.05, 4.69) is 22.2 Å². The minimum atomic E-state index is -0.269. The van der Waals surface area contributed by atoms with E-state index in [1.807, 2.05) is 6.92 Å². The van der Waals surface area contributed by atoms with E-state index in [1.54, 1.807) is 11.3 Å². The van der Waals surface area contributed by atoms with Crippen molar-refractivity contribution in [2.75, 3.05) is 18.5 Å². The van der Waals surface area contributed by atoms with Crippen LogP contribution in [0.25, 0.3) is 0 Å². The van der Waals surface area contributed by atoms with Gasteiger partial charge >= 0.3 is 0 Å². The van der Waals surface area contributed by atoms with E-state index in [9.17, 15) is 5.11 Å². The highest BCUT2D eigenvalue weighted by Gasteiger charge is 2.28. The quantitative estimate of drug-likeness (QED) is 0.836. The van der Waals surface area contributed by atoms with Gasteiger partial charge in [0.05, 0.1) is 11.8 Å². The third-order valence-corrected chi connectivity index (χ3v) is 5.87. The Hall–Kier alpha value is -0.650. The number of aliphatic hydroxyl groups is 1. The monoisotopic (exact) mass is 323 g/mol. The van der Waals surface area contributed by atoms with Gasteiger partial charge in [0.2, 0.25) is 0 Å². The van der Waals surface area contributed by atoms with Gasteiger partial charge in [-0.1, -0.05) is 19.3 Å². The second-order valence-corrected chi connectivity index (χ2v) is 7.87. The largest absolute Gasteiger partial charge is 0.392 e. The lowest BCUT2D eigenvalue weighted by molar-refractivity contribution is 0.0761. The lowest BCUT2D eigenvalue weighted by Crippen LogP contribution is -2.40. The van der Waals surface area contributed by atoms with Crippen LogP contribution < -0.4 is 4.90 Å². The van der Waals surface area contributed by atoms with Crippen LogP contribution in [0.4, 0.5) is 5.13 Å². The minimum absolute atomic E-state index is 0.269. The van der Waals surface area contributed by atoms with E-state index in [0.717, 1.165) is 18.2 Å². The molecule has 2 aliphatic rings. The Labute approximate surface area is 138 Å². The predicted molar refractivity (Wildman–Crippen MR) is 92.5 cm³/mol. The number of aromatic nitrogens is 1. The summed E-state index contributed by atoms with van der Waals surface area (Å²) in [7, 11) is 2.16. The van der Waals surface area contributed by atoms with Gasteiger partial charge in [-0.2, -0.15) is 0 Å². The van der Waals surface area contributed by atoms with Crippen LogP contribution in [0.5, 0.6) is 0 Å². The van der Waals surface area contributed by atoms with E-state index < -0.39 is 0 Å². The van der Waals surface area contributed by atoms with E-state index in [0.29, 0.717) is 12.1 Å². The molecular weight excluding hydrogens is 294 g/mol. The second-order valence-electron chi connectivity index (χ2n) is 7.03. The Balaban J connectivity index is 1.63. The topological polar surface area (TPSA) is 39.6 Å². The van der Waals surface area contributed by atoms with Crippen molar-refractivity contribution in [1.29, 1.82) is 0 Å². The highest BCUT2D eigenvalue weighted by atomic mass is 32.1. The van der Waals surface area contributed by atoms with Gasteiger partial charge in [0, 0.05) is 37.6 Å². The Bertz CT molecular complexity index is 466. The van der Waals surface area contributed by atoms with Crippen LogP contribution in [0.1, 0.15) is 57.6 Å². The molecule has 1 aromatic rings. The first-order valence-electron chi connectivity index (χ1n) is 8.73. The van der Waals surface area contributed by atoms with Gasteiger partial charge in [0.15, 0.2) is 5.13 Å². The molecule has 124 valence electrons. The van der Waals surface area contributed by atoms with Gasteiger partial charge in [0.25, 0.3) is 0 Å². The summed E-state index contributed by atoms with van der Waals surface area (Å²) in [6, 6.07) is 1.33. The highest BCUT2D eigenvalue weighted by Crippen LogP contribution is 2.32. The maximum absolute atomic E-state index is 9.84. The van der Waals surface area contributed by atoms with Gasteiger partial charge < -0.3 is 10.0 Å². The zero-order valence-corrected chi connectivity index (χ0v) is 14.7. The van der Waals surface area contributed by atoms with E-state index in [-0.39, 0.29) is 6.10 Å². The fourth-order valence-electron chi connectivity index (χ4n) is 3.49. The summed E-state index contributed by atoms with van der Waals surface area (Å²) >= 11 is 1.76. The fourth-order valence-corrected chi connectivity index (χ4v) is 4.34. The first-order chi connectivity index (χ1) is 10.6. The first kappa shape index (κ1) is 16.2. The zero-order chi connectivity index (χ0) is 15.5. The average molecular weight is 324 g/mol. The molecule has 4 nitrogen and oxygen atoms in total. The molecule has 0 aromatic carbocycles. The van der Waals surface area contributed by atoms with Crippen molar-refractivity contribution in [3.8, 4) is 0 Å². The third kappa shape index (κ3) is 4.21. The van der Waals surface area contributed by atoms with E-state index >= 15 is 0 Å². The molecule has 0 amide bonds. The number of rotatable bonds is 7. The minimum Gasteiger partial charge on any atom is -0.392 e. The van der Waals surface area contributed by atoms with E-state index in [1.165, 1.54) is 50.6 Å². The normalized spacial score (nSPS) is 21.3. The van der Waals surface area contributed by atoms with Crippen LogP contribution in [-0.4, -0.2) is 46.8 Å². The summed E-state index contributed by atoms with van der Waals surface area (Å²) < 4.78 is 0. The second kappa shape index (κ2) is 7.28. The summed E-state index contributed by atoms with van der Waals surface area (Å²) in [5.74, 6) is 0. The molecule has 0 bridgehead atoms. The average Bonchev–Trinajstić information content (AvgIpc) is 3.26. The highest BCUT2D eigenvalue weighted by molar-refractivity contribution is 7.13. The molecular formula is C17H29N3OS. The first-order valence-corrected chi connectivity index (χ1v) is 9.61. The standard InChI is InChI=1S/C17H29N3OS/c1-13(21)10-20(16-6-4-3-5-7-16)11-14-12-22-17(18-14)19(2)15-8-9-15/h12-13,15-16,21H,3-11H2,1-2H3. The summed E-state index contributed by atoms with van der Waals surface area (Å²) in [4.78, 5) is 9.62. The lowest BCUT2D eigenvalue weighted by Gasteiger charge is -2.34. The van der Waals surface area contributed by atoms with Crippen molar-refractivity contribution in [2.24, 2.45) is 0 Å². The number of anilines is 1. The Kier molecular flexibility index (Phi) is 5.37. The molecule has 0 aliphatic heterocycles. The van der Waals surface area contributed by atoms with Crippen molar-refractivity contribution in [1.82, 2.24) is 9.88 Å². The summed E-state index contributed by atoms with van der Waals surface area (Å²) in [6.45, 7) is 3.53. The summed E-state index contributed by atoms with van der Waals surface area (Å²) in [5.41, 5.74) is 1.17. The van der Waals surface area contributed by atoms with Crippen LogP contribution in [0.2, 0.25) is 0 Å². The van der Waals surface area contributed by atoms with Gasteiger partial charge in [-0.25, -0.2) is 4.98 Å². The van der Waals surface area contributed by atoms with Crippen molar-refractivity contribution in [3.63, 3.8) is 0 Å². The number of nitrogens with zero attached hydrogens (tertiary/aromatic N) is 3. The SMILES string of the molecule is CC(O)CN(Cc1csc(N(C)C2CC2)n1)C1CCCCC1. The Morgan fingerprint density at radius 1 is 1.23 bits per heavy atom. The number of hydrogen-bond donors (Lipinski definition) is 1. The zero-order valence-electron chi connectivity index (χ0n) is 13.9. The molecule has 2 aliphatic carbocycles. The van der Waals surface area contributed by atoms with E-state index in [4.69, 9.17) is 4.98 Å². The van der Waals surface area contributed by atoms with Crippen LogP contribution in [0.3, 0.4) is 0 Å². The molecule has 22 heavy (non-hydrogen) atoms. The van der Waals surface area contributed by atoms with Gasteiger partial charge in [0.1, 0.15) is 0 Å². The molecule has 2 saturated carbocycles. The molecule has 1 unspecified atom stereocenters. The molecule has 5 heteroatoms. The molecule has 1 heterocycles. The summed E-state index contributed by atoms with van der Waals surface area (Å²) in [6.07, 6.45) is 8.91. The Morgan fingerprint density at radius 3 is 2.59 bits per heavy atom. The molecule has 1 N–H and O–H groups in total. The summed E-state index contributed by atoms with van der Waals surface area (Å²) in [5, 5.41) is 13.2. The maximum Gasteiger partial charge on any atom is 0.185 e. The van der Waals surface area contributed by atoms with Crippen molar-refractivity contribution in [2.45, 2.75) is 76.6 Å². The van der Waals surface area contributed by atoms with Crippen molar-refractivity contribution >= 4 is 16.5 Å². The lowest BCUT2D eigenvalue weighted by atomic mass is 9.94. The predicted octanol–water partition coefficient (Wildman–Crippen LogP) is 3.26. The molecule has 0 radical (unpaired) electrons. The van der Waals surface area contributed by atoms with Crippen LogP contribution in [0, 0.1) is 0 Å². The molecule has 1 atom stereocenters.